The van der Waals surface area contributed by atoms with Gasteiger partial charge in [0.15, 0.2) is 0 Å². The fourth-order valence-corrected chi connectivity index (χ4v) is 1.58. The maximum atomic E-state index is 10.5. The van der Waals surface area contributed by atoms with Gasteiger partial charge >= 0.3 is 11.9 Å². The molecule has 0 saturated heterocycles. The first-order chi connectivity index (χ1) is 9.72. The van der Waals surface area contributed by atoms with E-state index < -0.39 is 11.6 Å². The van der Waals surface area contributed by atoms with E-state index in [0.717, 1.165) is 18.9 Å². The smallest absolute Gasteiger partial charge is 0.330 e. The number of carbonyl (C=O) groups excluding carboxylic acids is 1. The van der Waals surface area contributed by atoms with Crippen molar-refractivity contribution in [1.82, 2.24) is 0 Å². The van der Waals surface area contributed by atoms with Gasteiger partial charge in [-0.3, -0.25) is 4.79 Å². The lowest BCUT2D eigenvalue weighted by molar-refractivity contribution is -0.148. The average molecular weight is 300 g/mol. The van der Waals surface area contributed by atoms with Crippen LogP contribution in [-0.2, 0) is 14.3 Å². The Kier molecular flexibility index (Phi) is 14.3. The highest BCUT2D eigenvalue weighted by Gasteiger charge is 2.12. The van der Waals surface area contributed by atoms with Crippen molar-refractivity contribution in [3.05, 3.63) is 12.7 Å². The Morgan fingerprint density at radius 2 is 1.52 bits per heavy atom. The van der Waals surface area contributed by atoms with Gasteiger partial charge in [-0.2, -0.15) is 0 Å². The molecule has 0 aromatic rings. The summed E-state index contributed by atoms with van der Waals surface area (Å²) < 4.78 is 4.83. The number of unbranched alkanes of at least 4 members (excludes halogenated alkanes) is 6. The first kappa shape index (κ1) is 22.0. The van der Waals surface area contributed by atoms with Crippen molar-refractivity contribution in [2.45, 2.75) is 84.7 Å². The number of aliphatic carboxylic acids is 1. The van der Waals surface area contributed by atoms with Gasteiger partial charge in [0, 0.05) is 12.5 Å². The minimum Gasteiger partial charge on any atom is -0.481 e. The number of ether oxygens (including phenoxy) is 1. The Balaban J connectivity index is 0. The Morgan fingerprint density at radius 3 is 1.86 bits per heavy atom. The Labute approximate surface area is 129 Å². The lowest BCUT2D eigenvalue weighted by Crippen LogP contribution is -2.22. The molecule has 124 valence electrons. The zero-order chi connectivity index (χ0) is 16.7. The normalized spacial score (nSPS) is 10.3. The summed E-state index contributed by atoms with van der Waals surface area (Å²) in [6.45, 7) is 10.9. The van der Waals surface area contributed by atoms with Crippen LogP contribution in [0.5, 0.6) is 0 Å². The van der Waals surface area contributed by atoms with Crippen molar-refractivity contribution >= 4 is 11.9 Å². The third-order valence-corrected chi connectivity index (χ3v) is 2.57. The Morgan fingerprint density at radius 1 is 1.05 bits per heavy atom. The monoisotopic (exact) mass is 300 g/mol. The number of carboxylic acid groups (broad SMARTS) is 1. The van der Waals surface area contributed by atoms with E-state index in [2.05, 4.69) is 13.5 Å². The van der Waals surface area contributed by atoms with E-state index in [1.54, 1.807) is 0 Å². The molecule has 0 bridgehead atoms. The molecule has 0 aliphatic rings. The van der Waals surface area contributed by atoms with Crippen LogP contribution < -0.4 is 0 Å². The molecular formula is C17H32O4. The zero-order valence-corrected chi connectivity index (χ0v) is 14.1. The highest BCUT2D eigenvalue weighted by atomic mass is 16.6. The molecule has 21 heavy (non-hydrogen) atoms. The molecule has 0 unspecified atom stereocenters. The predicted octanol–water partition coefficient (Wildman–Crippen LogP) is 4.73. The molecule has 4 nitrogen and oxygen atoms in total. The molecule has 0 spiro atoms. The third kappa shape index (κ3) is 24.1. The first-order valence-electron chi connectivity index (χ1n) is 7.80. The number of hydrogen-bond acceptors (Lipinski definition) is 3. The van der Waals surface area contributed by atoms with Crippen LogP contribution >= 0.6 is 0 Å². The average Bonchev–Trinajstić information content (AvgIpc) is 2.36. The minimum absolute atomic E-state index is 0.341. The predicted molar refractivity (Wildman–Crippen MR) is 86.3 cm³/mol. The van der Waals surface area contributed by atoms with Crippen LogP contribution in [0.25, 0.3) is 0 Å². The van der Waals surface area contributed by atoms with Crippen molar-refractivity contribution in [3.8, 4) is 0 Å². The van der Waals surface area contributed by atoms with Crippen molar-refractivity contribution in [3.63, 3.8) is 0 Å². The van der Waals surface area contributed by atoms with Gasteiger partial charge in [-0.05, 0) is 27.2 Å². The lowest BCUT2D eigenvalue weighted by atomic mass is 10.1. The topological polar surface area (TPSA) is 63.6 Å². The summed E-state index contributed by atoms with van der Waals surface area (Å²) in [4.78, 5) is 20.6. The first-order valence-corrected chi connectivity index (χ1v) is 7.80. The molecule has 4 heteroatoms. The van der Waals surface area contributed by atoms with Crippen molar-refractivity contribution in [2.75, 3.05) is 0 Å². The van der Waals surface area contributed by atoms with E-state index in [9.17, 15) is 9.59 Å². The number of esters is 1. The van der Waals surface area contributed by atoms with Gasteiger partial charge in [-0.1, -0.05) is 52.0 Å². The van der Waals surface area contributed by atoms with Gasteiger partial charge in [0.05, 0.1) is 0 Å². The second-order valence-electron chi connectivity index (χ2n) is 6.00. The molecule has 1 N–H and O–H groups in total. The summed E-state index contributed by atoms with van der Waals surface area (Å²) in [5.74, 6) is -1.04. The molecule has 0 aromatic heterocycles. The lowest BCUT2D eigenvalue weighted by Gasteiger charge is -2.17. The molecule has 0 aromatic carbocycles. The summed E-state index contributed by atoms with van der Waals surface area (Å²) in [5, 5.41) is 8.35. The molecule has 0 aliphatic carbocycles. The third-order valence-electron chi connectivity index (χ3n) is 2.57. The molecule has 0 fully saturated rings. The minimum atomic E-state index is -0.663. The number of rotatable bonds is 9. The Hall–Kier alpha value is -1.32. The van der Waals surface area contributed by atoms with E-state index in [4.69, 9.17) is 9.84 Å². The van der Waals surface area contributed by atoms with Crippen LogP contribution in [0.15, 0.2) is 12.7 Å². The fraction of sp³-hybridized carbons (Fsp3) is 0.765. The van der Waals surface area contributed by atoms with Gasteiger partial charge in [-0.25, -0.2) is 4.79 Å². The second kappa shape index (κ2) is 13.7. The molecule has 0 radical (unpaired) electrons. The van der Waals surface area contributed by atoms with Gasteiger partial charge in [0.25, 0.3) is 0 Å². The SMILES string of the molecule is C=CC(=O)OC(C)(C)C.CCCCCCCCCC(=O)O. The van der Waals surface area contributed by atoms with Crippen molar-refractivity contribution in [1.29, 1.82) is 0 Å². The van der Waals surface area contributed by atoms with Gasteiger partial charge in [0.1, 0.15) is 5.60 Å². The van der Waals surface area contributed by atoms with Crippen molar-refractivity contribution in [2.24, 2.45) is 0 Å². The van der Waals surface area contributed by atoms with E-state index in [0.29, 0.717) is 6.42 Å². The van der Waals surface area contributed by atoms with Gasteiger partial charge in [-0.15, -0.1) is 0 Å². The molecule has 0 rings (SSSR count). The van der Waals surface area contributed by atoms with Crippen molar-refractivity contribution < 1.29 is 19.4 Å². The van der Waals surface area contributed by atoms with Crippen LogP contribution in [0.3, 0.4) is 0 Å². The van der Waals surface area contributed by atoms with E-state index in [1.165, 1.54) is 32.1 Å². The summed E-state index contributed by atoms with van der Waals surface area (Å²) in [5.41, 5.74) is -0.398. The van der Waals surface area contributed by atoms with Crippen LogP contribution in [0.4, 0.5) is 0 Å². The van der Waals surface area contributed by atoms with Gasteiger partial charge < -0.3 is 9.84 Å². The highest BCUT2D eigenvalue weighted by Crippen LogP contribution is 2.08. The number of hydrogen-bond donors (Lipinski definition) is 1. The summed E-state index contributed by atoms with van der Waals surface area (Å²) in [6.07, 6.45) is 9.80. The summed E-state index contributed by atoms with van der Waals surface area (Å²) in [6, 6.07) is 0. The van der Waals surface area contributed by atoms with Gasteiger partial charge in [0.2, 0.25) is 0 Å². The van der Waals surface area contributed by atoms with E-state index in [-0.39, 0.29) is 5.97 Å². The molecule has 0 aliphatic heterocycles. The quantitative estimate of drug-likeness (QED) is 0.380. The highest BCUT2D eigenvalue weighted by molar-refractivity contribution is 5.81. The van der Waals surface area contributed by atoms with Crippen LogP contribution in [0.1, 0.15) is 79.1 Å². The largest absolute Gasteiger partial charge is 0.481 e. The maximum Gasteiger partial charge on any atom is 0.330 e. The van der Waals surface area contributed by atoms with E-state index in [1.807, 2.05) is 20.8 Å². The van der Waals surface area contributed by atoms with Crippen LogP contribution in [0, 0.1) is 0 Å². The standard InChI is InChI=1S/C10H20O2.C7H12O2/c1-2-3-4-5-6-7-8-9-10(11)12;1-5-6(8)9-7(2,3)4/h2-9H2,1H3,(H,11,12);5H,1H2,2-4H3. The fourth-order valence-electron chi connectivity index (χ4n) is 1.58. The zero-order valence-electron chi connectivity index (χ0n) is 14.1. The molecule has 0 saturated carbocycles. The Bertz CT molecular complexity index is 290. The van der Waals surface area contributed by atoms with Crippen LogP contribution in [-0.4, -0.2) is 22.6 Å². The van der Waals surface area contributed by atoms with E-state index >= 15 is 0 Å². The summed E-state index contributed by atoms with van der Waals surface area (Å²) in [7, 11) is 0. The molecule has 0 atom stereocenters. The molecule has 0 heterocycles. The second-order valence-corrected chi connectivity index (χ2v) is 6.00. The molecular weight excluding hydrogens is 268 g/mol. The van der Waals surface area contributed by atoms with Crippen LogP contribution in [0.2, 0.25) is 0 Å². The maximum absolute atomic E-state index is 10.5. The molecule has 0 amide bonds. The number of carboxylic acids is 1. The summed E-state index contributed by atoms with van der Waals surface area (Å²) >= 11 is 0. The number of carbonyl (C=O) groups is 2.